The van der Waals surface area contributed by atoms with Crippen LogP contribution in [0.5, 0.6) is 0 Å². The highest BCUT2D eigenvalue weighted by Gasteiger charge is 2.16. The summed E-state index contributed by atoms with van der Waals surface area (Å²) in [5.74, 6) is 0. The first-order valence-corrected chi connectivity index (χ1v) is 4.41. The standard InChI is InChI=1S/C9H18N2.Al.4ClH.3H/c1-4-5-6-11-8-7-10(3)9(11)2;;;;;;;;/h7-9H,4-6H2,1-3H3;;4*1H;;;. The lowest BCUT2D eigenvalue weighted by molar-refractivity contribution is 0.193. The van der Waals surface area contributed by atoms with Crippen molar-refractivity contribution in [1.29, 1.82) is 0 Å². The number of halogens is 4. The number of unbranched alkanes of at least 4 members (excludes halogenated alkanes) is 1. The van der Waals surface area contributed by atoms with Crippen molar-refractivity contribution in [1.82, 2.24) is 9.80 Å². The summed E-state index contributed by atoms with van der Waals surface area (Å²) in [5.41, 5.74) is 0. The van der Waals surface area contributed by atoms with Crippen molar-refractivity contribution in [2.45, 2.75) is 32.9 Å². The molecule has 0 N–H and O–H groups in total. The zero-order chi connectivity index (χ0) is 8.27. The maximum atomic E-state index is 2.38. The SMILES string of the molecule is CCCCN1C=CN(C)C1C.Cl.Cl.Cl.Cl.[AlH3]. The predicted molar refractivity (Wildman–Crippen MR) is 86.9 cm³/mol. The van der Waals surface area contributed by atoms with Crippen LogP contribution in [0.2, 0.25) is 0 Å². The molecule has 0 aromatic carbocycles. The molecule has 0 saturated carbocycles. The predicted octanol–water partition coefficient (Wildman–Crippen LogP) is 2.35. The Morgan fingerprint density at radius 3 is 1.88 bits per heavy atom. The Bertz CT molecular complexity index is 160. The van der Waals surface area contributed by atoms with Crippen molar-refractivity contribution in [3.8, 4) is 0 Å². The highest BCUT2D eigenvalue weighted by atomic mass is 35.5. The molecule has 0 aliphatic carbocycles. The molecule has 1 atom stereocenters. The van der Waals surface area contributed by atoms with E-state index in [4.69, 9.17) is 0 Å². The molecule has 0 radical (unpaired) electrons. The molecule has 0 saturated heterocycles. The maximum Gasteiger partial charge on any atom is 0.187 e. The fourth-order valence-corrected chi connectivity index (χ4v) is 1.28. The Balaban J connectivity index is -0.0000000807. The van der Waals surface area contributed by atoms with Crippen molar-refractivity contribution in [2.24, 2.45) is 0 Å². The van der Waals surface area contributed by atoms with E-state index in [1.54, 1.807) is 0 Å². The largest absolute Gasteiger partial charge is 0.359 e. The smallest absolute Gasteiger partial charge is 0.187 e. The highest BCUT2D eigenvalue weighted by Crippen LogP contribution is 2.13. The van der Waals surface area contributed by atoms with Gasteiger partial charge >= 0.3 is 0 Å². The van der Waals surface area contributed by atoms with Gasteiger partial charge in [0.05, 0.1) is 6.17 Å². The highest BCUT2D eigenvalue weighted by molar-refractivity contribution is 5.86. The number of hydrogen-bond donors (Lipinski definition) is 0. The summed E-state index contributed by atoms with van der Waals surface area (Å²) in [6, 6.07) is 0. The molecule has 1 rings (SSSR count). The maximum absolute atomic E-state index is 2.38. The van der Waals surface area contributed by atoms with Crippen LogP contribution >= 0.6 is 49.6 Å². The normalized spacial score (nSPS) is 16.1. The van der Waals surface area contributed by atoms with Crippen LogP contribution in [0.25, 0.3) is 0 Å². The van der Waals surface area contributed by atoms with Gasteiger partial charge in [0.15, 0.2) is 17.4 Å². The van der Waals surface area contributed by atoms with Gasteiger partial charge in [-0.05, 0) is 13.3 Å². The van der Waals surface area contributed by atoms with E-state index in [0.717, 1.165) is 0 Å². The second-order valence-electron chi connectivity index (χ2n) is 3.19. The van der Waals surface area contributed by atoms with E-state index in [1.165, 1.54) is 19.4 Å². The van der Waals surface area contributed by atoms with Gasteiger partial charge in [-0.25, -0.2) is 0 Å². The first-order chi connectivity index (χ1) is 5.25. The Hall–Kier alpha value is 1.03. The number of rotatable bonds is 3. The topological polar surface area (TPSA) is 6.48 Å². The summed E-state index contributed by atoms with van der Waals surface area (Å²) in [7, 11) is 2.12. The molecule has 1 unspecified atom stereocenters. The van der Waals surface area contributed by atoms with E-state index in [-0.39, 0.29) is 67.0 Å². The van der Waals surface area contributed by atoms with Crippen molar-refractivity contribution < 1.29 is 0 Å². The van der Waals surface area contributed by atoms with E-state index >= 15 is 0 Å². The zero-order valence-electron chi connectivity index (χ0n) is 9.38. The van der Waals surface area contributed by atoms with Crippen LogP contribution in [-0.2, 0) is 0 Å². The molecule has 1 aliphatic heterocycles. The summed E-state index contributed by atoms with van der Waals surface area (Å²) in [5, 5.41) is 0. The third-order valence-electron chi connectivity index (χ3n) is 2.33. The van der Waals surface area contributed by atoms with Crippen LogP contribution < -0.4 is 0 Å². The van der Waals surface area contributed by atoms with Crippen LogP contribution in [0.4, 0.5) is 0 Å². The van der Waals surface area contributed by atoms with E-state index in [0.29, 0.717) is 6.17 Å². The molecule has 1 aliphatic rings. The molecule has 7 heteroatoms. The van der Waals surface area contributed by atoms with Gasteiger partial charge in [-0.15, -0.1) is 49.6 Å². The van der Waals surface area contributed by atoms with Crippen LogP contribution in [0.15, 0.2) is 12.4 Å². The fourth-order valence-electron chi connectivity index (χ4n) is 1.28. The monoisotopic (exact) mass is 328 g/mol. The molecular formula is C9H25AlCl4N2. The molecule has 1 heterocycles. The summed E-state index contributed by atoms with van der Waals surface area (Å²) in [4.78, 5) is 4.61. The second-order valence-corrected chi connectivity index (χ2v) is 3.19. The Morgan fingerprint density at radius 2 is 1.56 bits per heavy atom. The molecule has 0 amide bonds. The Morgan fingerprint density at radius 1 is 1.06 bits per heavy atom. The lowest BCUT2D eigenvalue weighted by Gasteiger charge is -2.26. The van der Waals surface area contributed by atoms with Gasteiger partial charge in [-0.2, -0.15) is 0 Å². The van der Waals surface area contributed by atoms with Gasteiger partial charge < -0.3 is 9.80 Å². The minimum Gasteiger partial charge on any atom is -0.359 e. The van der Waals surface area contributed by atoms with Gasteiger partial charge in [0.25, 0.3) is 0 Å². The summed E-state index contributed by atoms with van der Waals surface area (Å²) >= 11 is 0. The third-order valence-corrected chi connectivity index (χ3v) is 2.33. The molecule has 0 aromatic heterocycles. The molecular weight excluding hydrogens is 305 g/mol. The van der Waals surface area contributed by atoms with E-state index < -0.39 is 0 Å². The lowest BCUT2D eigenvalue weighted by Crippen LogP contribution is -2.33. The van der Waals surface area contributed by atoms with Crippen LogP contribution in [-0.4, -0.2) is 46.9 Å². The van der Waals surface area contributed by atoms with Gasteiger partial charge in [0.2, 0.25) is 0 Å². The summed E-state index contributed by atoms with van der Waals surface area (Å²) in [6.07, 6.45) is 7.45. The quantitative estimate of drug-likeness (QED) is 0.733. The average Bonchev–Trinajstić information content (AvgIpc) is 2.31. The van der Waals surface area contributed by atoms with Crippen molar-refractivity contribution in [2.75, 3.05) is 13.6 Å². The molecule has 16 heavy (non-hydrogen) atoms. The van der Waals surface area contributed by atoms with Gasteiger partial charge in [0, 0.05) is 26.0 Å². The van der Waals surface area contributed by atoms with Gasteiger partial charge in [-0.3, -0.25) is 0 Å². The molecule has 0 fully saturated rings. The van der Waals surface area contributed by atoms with Gasteiger partial charge in [-0.1, -0.05) is 13.3 Å². The molecule has 0 spiro atoms. The van der Waals surface area contributed by atoms with E-state index in [9.17, 15) is 0 Å². The molecule has 0 aromatic rings. The van der Waals surface area contributed by atoms with E-state index in [1.807, 2.05) is 0 Å². The molecule has 102 valence electrons. The van der Waals surface area contributed by atoms with Crippen LogP contribution in [0.3, 0.4) is 0 Å². The molecule has 0 bridgehead atoms. The zero-order valence-corrected chi connectivity index (χ0v) is 12.6. The minimum absolute atomic E-state index is 0. The van der Waals surface area contributed by atoms with Crippen LogP contribution in [0, 0.1) is 0 Å². The molecule has 2 nitrogen and oxygen atoms in total. The van der Waals surface area contributed by atoms with Gasteiger partial charge in [0.1, 0.15) is 0 Å². The van der Waals surface area contributed by atoms with Crippen LogP contribution in [0.1, 0.15) is 26.7 Å². The van der Waals surface area contributed by atoms with Crippen molar-refractivity contribution in [3.63, 3.8) is 0 Å². The fraction of sp³-hybridized carbons (Fsp3) is 0.778. The van der Waals surface area contributed by atoms with Crippen molar-refractivity contribution in [3.05, 3.63) is 12.4 Å². The number of hydrogen-bond acceptors (Lipinski definition) is 2. The minimum atomic E-state index is 0. The third kappa shape index (κ3) is 9.10. The lowest BCUT2D eigenvalue weighted by atomic mass is 10.3. The van der Waals surface area contributed by atoms with E-state index in [2.05, 4.69) is 43.1 Å². The first kappa shape index (κ1) is 30.2. The average molecular weight is 330 g/mol. The van der Waals surface area contributed by atoms with Crippen molar-refractivity contribution >= 4 is 67.0 Å². The second kappa shape index (κ2) is 16.0. The Kier molecular flexibility index (Phi) is 30.3. The first-order valence-electron chi connectivity index (χ1n) is 4.41. The number of nitrogens with zero attached hydrogens (tertiary/aromatic N) is 2. The Labute approximate surface area is 135 Å². The summed E-state index contributed by atoms with van der Waals surface area (Å²) in [6.45, 7) is 5.66. The summed E-state index contributed by atoms with van der Waals surface area (Å²) < 4.78 is 0.